The van der Waals surface area contributed by atoms with Gasteiger partial charge in [0, 0.05) is 62.5 Å². The molecule has 1 aromatic carbocycles. The second-order valence-corrected chi connectivity index (χ2v) is 10.8. The number of amides is 1. The number of benzene rings is 1. The molecule has 0 unspecified atom stereocenters. The monoisotopic (exact) mass is 621 g/mol. The van der Waals surface area contributed by atoms with Crippen LogP contribution >= 0.6 is 0 Å². The van der Waals surface area contributed by atoms with Crippen LogP contribution in [0.15, 0.2) is 41.6 Å². The van der Waals surface area contributed by atoms with Gasteiger partial charge in [-0.25, -0.2) is 18.7 Å². The van der Waals surface area contributed by atoms with Crippen LogP contribution < -0.4 is 20.7 Å². The van der Waals surface area contributed by atoms with Crippen molar-refractivity contribution in [3.05, 3.63) is 64.1 Å². The van der Waals surface area contributed by atoms with Gasteiger partial charge in [-0.3, -0.25) is 14.5 Å². The molecule has 15 heteroatoms. The van der Waals surface area contributed by atoms with Crippen molar-refractivity contribution < 1.29 is 31.5 Å². The van der Waals surface area contributed by atoms with Crippen LogP contribution in [0.4, 0.5) is 39.3 Å². The number of alkyl halides is 4. The Balaban J connectivity index is 1.55. The zero-order valence-electron chi connectivity index (χ0n) is 24.4. The number of likely N-dealkylation sites (N-methyl/N-ethyl adjacent to an activating group) is 1. The van der Waals surface area contributed by atoms with Gasteiger partial charge < -0.3 is 24.4 Å². The summed E-state index contributed by atoms with van der Waals surface area (Å²) in [4.78, 5) is 39.3. The van der Waals surface area contributed by atoms with Gasteiger partial charge in [0.1, 0.15) is 12.0 Å². The topological polar surface area (TPSA) is 95.8 Å². The van der Waals surface area contributed by atoms with Crippen LogP contribution in [0, 0.1) is 5.82 Å². The summed E-state index contributed by atoms with van der Waals surface area (Å²) in [6.07, 6.45) is -2.67. The lowest BCUT2D eigenvalue weighted by Gasteiger charge is -2.27. The Hall–Kier alpha value is -4.11. The summed E-state index contributed by atoms with van der Waals surface area (Å²) in [6, 6.07) is 2.22. The lowest BCUT2D eigenvalue weighted by Crippen LogP contribution is -2.38. The van der Waals surface area contributed by atoms with Crippen molar-refractivity contribution in [3.63, 3.8) is 0 Å². The highest BCUT2D eigenvalue weighted by Gasteiger charge is 2.38. The number of ether oxygens (including phenoxy) is 1. The minimum atomic E-state index is -5.00. The molecule has 2 aliphatic heterocycles. The standard InChI is InChI=1S/C29H32F5N7O3/c1-4-38(2)25-16-41(15-22(25)31)24-11-21(30)18(17-12-35-28(36-13-17)40-5-7-44-8-6-40)9-23(24)37-27(43)19-14-39(3)26(42)10-20(19)29(32,33)34/h9-14,22,25H,4-8,15-16H2,1-3H3,(H,37,43)/t22-,25-/m1/s1. The summed E-state index contributed by atoms with van der Waals surface area (Å²) in [5.41, 5.74) is -2.88. The number of pyridine rings is 1. The number of carbonyl (C=O) groups is 1. The van der Waals surface area contributed by atoms with Gasteiger partial charge in [0.05, 0.1) is 48.3 Å². The van der Waals surface area contributed by atoms with E-state index in [1.165, 1.54) is 25.5 Å². The average Bonchev–Trinajstić information content (AvgIpc) is 3.39. The lowest BCUT2D eigenvalue weighted by molar-refractivity contribution is -0.138. The Kier molecular flexibility index (Phi) is 8.88. The van der Waals surface area contributed by atoms with Crippen molar-refractivity contribution in [2.45, 2.75) is 25.3 Å². The van der Waals surface area contributed by atoms with Gasteiger partial charge in [-0.05, 0) is 25.7 Å². The van der Waals surface area contributed by atoms with E-state index in [-0.39, 0.29) is 35.6 Å². The van der Waals surface area contributed by atoms with Crippen LogP contribution in [0.1, 0.15) is 22.8 Å². The molecule has 5 rings (SSSR count). The lowest BCUT2D eigenvalue weighted by atomic mass is 10.0. The number of nitrogens with one attached hydrogen (secondary N) is 1. The molecule has 0 saturated carbocycles. The van der Waals surface area contributed by atoms with Gasteiger partial charge in [0.15, 0.2) is 0 Å². The number of hydrogen-bond donors (Lipinski definition) is 1. The summed E-state index contributed by atoms with van der Waals surface area (Å²) in [6.45, 7) is 4.66. The normalized spacial score (nSPS) is 19.1. The smallest absolute Gasteiger partial charge is 0.378 e. The van der Waals surface area contributed by atoms with Gasteiger partial charge >= 0.3 is 6.18 Å². The Morgan fingerprint density at radius 1 is 1.11 bits per heavy atom. The molecule has 0 bridgehead atoms. The summed E-state index contributed by atoms with van der Waals surface area (Å²) >= 11 is 0. The van der Waals surface area contributed by atoms with Crippen molar-refractivity contribution in [2.24, 2.45) is 7.05 Å². The molecular weight excluding hydrogens is 589 g/mol. The number of carbonyl (C=O) groups excluding carboxylic acids is 1. The molecule has 3 aromatic rings. The van der Waals surface area contributed by atoms with Gasteiger partial charge in [-0.15, -0.1) is 0 Å². The van der Waals surface area contributed by atoms with E-state index in [4.69, 9.17) is 4.74 Å². The second-order valence-electron chi connectivity index (χ2n) is 10.8. The van der Waals surface area contributed by atoms with E-state index in [9.17, 15) is 22.8 Å². The molecule has 236 valence electrons. The Morgan fingerprint density at radius 3 is 2.43 bits per heavy atom. The molecule has 2 saturated heterocycles. The molecule has 0 radical (unpaired) electrons. The highest BCUT2D eigenvalue weighted by Crippen LogP contribution is 2.38. The van der Waals surface area contributed by atoms with Crippen molar-refractivity contribution in [1.29, 1.82) is 0 Å². The summed E-state index contributed by atoms with van der Waals surface area (Å²) in [5.74, 6) is -1.47. The van der Waals surface area contributed by atoms with Gasteiger partial charge in [-0.1, -0.05) is 6.92 Å². The maximum absolute atomic E-state index is 15.7. The van der Waals surface area contributed by atoms with E-state index in [0.29, 0.717) is 44.9 Å². The fourth-order valence-electron chi connectivity index (χ4n) is 5.36. The van der Waals surface area contributed by atoms with Gasteiger partial charge in [0.25, 0.3) is 11.5 Å². The molecule has 44 heavy (non-hydrogen) atoms. The zero-order valence-corrected chi connectivity index (χ0v) is 24.4. The number of anilines is 3. The van der Waals surface area contributed by atoms with Crippen molar-refractivity contribution in [3.8, 4) is 11.1 Å². The Labute approximate surface area is 250 Å². The molecule has 2 fully saturated rings. The summed E-state index contributed by atoms with van der Waals surface area (Å²) in [5, 5.41) is 2.47. The second kappa shape index (κ2) is 12.5. The van der Waals surface area contributed by atoms with Crippen LogP contribution in [0.2, 0.25) is 0 Å². The predicted octanol–water partition coefficient (Wildman–Crippen LogP) is 3.57. The quantitative estimate of drug-likeness (QED) is 0.401. The first-order valence-corrected chi connectivity index (χ1v) is 14.0. The van der Waals surface area contributed by atoms with Crippen LogP contribution in [0.5, 0.6) is 0 Å². The van der Waals surface area contributed by atoms with E-state index < -0.39 is 46.8 Å². The largest absolute Gasteiger partial charge is 0.417 e. The third kappa shape index (κ3) is 6.38. The van der Waals surface area contributed by atoms with E-state index in [1.807, 2.05) is 11.8 Å². The molecule has 0 aliphatic carbocycles. The van der Waals surface area contributed by atoms with E-state index in [1.54, 1.807) is 16.8 Å². The average molecular weight is 622 g/mol. The first-order valence-electron chi connectivity index (χ1n) is 14.0. The number of morpholine rings is 1. The highest BCUT2D eigenvalue weighted by atomic mass is 19.4. The molecule has 2 aliphatic rings. The number of hydrogen-bond acceptors (Lipinski definition) is 8. The fraction of sp³-hybridized carbons (Fsp3) is 0.448. The number of nitrogens with zero attached hydrogens (tertiary/aromatic N) is 6. The summed E-state index contributed by atoms with van der Waals surface area (Å²) < 4.78 is 78.5. The highest BCUT2D eigenvalue weighted by molar-refractivity contribution is 6.07. The van der Waals surface area contributed by atoms with Crippen LogP contribution in [-0.2, 0) is 18.0 Å². The van der Waals surface area contributed by atoms with E-state index >= 15 is 8.78 Å². The molecule has 0 spiro atoms. The minimum Gasteiger partial charge on any atom is -0.378 e. The zero-order chi connectivity index (χ0) is 31.8. The predicted molar refractivity (Wildman–Crippen MR) is 154 cm³/mol. The molecular formula is C29H32F5N7O3. The number of rotatable bonds is 7. The van der Waals surface area contributed by atoms with E-state index in [2.05, 4.69) is 15.3 Å². The maximum Gasteiger partial charge on any atom is 0.417 e. The summed E-state index contributed by atoms with van der Waals surface area (Å²) in [7, 11) is 2.98. The van der Waals surface area contributed by atoms with Crippen molar-refractivity contribution in [1.82, 2.24) is 19.4 Å². The third-order valence-corrected chi connectivity index (χ3v) is 7.98. The van der Waals surface area contributed by atoms with Gasteiger partial charge in [0.2, 0.25) is 5.95 Å². The van der Waals surface area contributed by atoms with Crippen molar-refractivity contribution >= 4 is 23.2 Å². The minimum absolute atomic E-state index is 0.0210. The van der Waals surface area contributed by atoms with Gasteiger partial charge in [-0.2, -0.15) is 13.2 Å². The van der Waals surface area contributed by atoms with Crippen LogP contribution in [0.25, 0.3) is 11.1 Å². The number of halogens is 5. The van der Waals surface area contributed by atoms with Crippen LogP contribution in [-0.4, -0.2) is 90.5 Å². The molecule has 2 atom stereocenters. The SMILES string of the molecule is CCN(C)[C@@H]1CN(c2cc(F)c(-c3cnc(N4CCOCC4)nc3)cc2NC(=O)c2cn(C)c(=O)cc2C(F)(F)F)C[C@H]1F. The first-order chi connectivity index (χ1) is 20.9. The fourth-order valence-corrected chi connectivity index (χ4v) is 5.36. The molecule has 10 nitrogen and oxygen atoms in total. The van der Waals surface area contributed by atoms with E-state index in [0.717, 1.165) is 16.8 Å². The van der Waals surface area contributed by atoms with Crippen LogP contribution in [0.3, 0.4) is 0 Å². The number of aromatic nitrogens is 3. The molecule has 1 amide bonds. The molecule has 2 aromatic heterocycles. The van der Waals surface area contributed by atoms with Crippen molar-refractivity contribution in [2.75, 3.05) is 68.1 Å². The Morgan fingerprint density at radius 2 is 1.80 bits per heavy atom. The number of aryl methyl sites for hydroxylation is 1. The maximum atomic E-state index is 15.7. The third-order valence-electron chi connectivity index (χ3n) is 7.98. The first kappa shape index (κ1) is 31.3. The molecule has 4 heterocycles. The molecule has 1 N–H and O–H groups in total. The Bertz CT molecular complexity index is 1580.